The van der Waals surface area contributed by atoms with E-state index in [1.54, 1.807) is 25.2 Å². The first-order valence-corrected chi connectivity index (χ1v) is 7.34. The molecule has 0 aliphatic heterocycles. The lowest BCUT2D eigenvalue weighted by molar-refractivity contribution is 0.254. The molecular weight excluding hydrogens is 300 g/mol. The number of amides is 2. The second-order valence-corrected chi connectivity index (χ2v) is 5.50. The van der Waals surface area contributed by atoms with Gasteiger partial charge in [0.25, 0.3) is 0 Å². The Labute approximate surface area is 135 Å². The molecule has 0 aromatic heterocycles. The molecule has 0 radical (unpaired) electrons. The van der Waals surface area contributed by atoms with E-state index in [-0.39, 0.29) is 6.03 Å². The summed E-state index contributed by atoms with van der Waals surface area (Å²) in [5.41, 5.74) is 3.75. The van der Waals surface area contributed by atoms with Gasteiger partial charge in [0.05, 0.1) is 0 Å². The molecule has 0 aliphatic carbocycles. The standard InChI is InChI=1S/C17H19ClN2O2/c1-11-4-7-16(12(2)8-11)22-10-13-9-14(18)5-6-15(13)20-17(21)19-3/h4-9H,10H2,1-3H3,(H2,19,20,21). The van der Waals surface area contributed by atoms with Gasteiger partial charge in [0.1, 0.15) is 12.4 Å². The van der Waals surface area contributed by atoms with Crippen molar-refractivity contribution in [1.29, 1.82) is 0 Å². The Hall–Kier alpha value is -2.20. The summed E-state index contributed by atoms with van der Waals surface area (Å²) in [6.07, 6.45) is 0. The molecule has 0 unspecified atom stereocenters. The Balaban J connectivity index is 2.17. The molecule has 2 aromatic rings. The lowest BCUT2D eigenvalue weighted by Gasteiger charge is -2.14. The Morgan fingerprint density at radius 1 is 1.18 bits per heavy atom. The van der Waals surface area contributed by atoms with Crippen LogP contribution in [0.2, 0.25) is 5.02 Å². The largest absolute Gasteiger partial charge is 0.489 e. The Kier molecular flexibility index (Phi) is 5.28. The molecule has 0 fully saturated rings. The quantitative estimate of drug-likeness (QED) is 0.883. The van der Waals surface area contributed by atoms with E-state index in [2.05, 4.69) is 16.7 Å². The van der Waals surface area contributed by atoms with Crippen LogP contribution in [0.4, 0.5) is 10.5 Å². The summed E-state index contributed by atoms with van der Waals surface area (Å²) < 4.78 is 5.86. The molecule has 4 nitrogen and oxygen atoms in total. The van der Waals surface area contributed by atoms with Crippen LogP contribution in [-0.4, -0.2) is 13.1 Å². The SMILES string of the molecule is CNC(=O)Nc1ccc(Cl)cc1COc1ccc(C)cc1C. The third-order valence-corrected chi connectivity index (χ3v) is 3.49. The number of ether oxygens (including phenoxy) is 1. The smallest absolute Gasteiger partial charge is 0.318 e. The molecule has 0 heterocycles. The predicted octanol–water partition coefficient (Wildman–Crippen LogP) is 4.29. The zero-order chi connectivity index (χ0) is 16.1. The summed E-state index contributed by atoms with van der Waals surface area (Å²) in [5.74, 6) is 0.816. The molecule has 2 amide bonds. The van der Waals surface area contributed by atoms with E-state index in [0.717, 1.165) is 16.9 Å². The molecule has 2 rings (SSSR count). The first-order valence-electron chi connectivity index (χ1n) is 6.97. The van der Waals surface area contributed by atoms with Gasteiger partial charge in [-0.15, -0.1) is 0 Å². The normalized spacial score (nSPS) is 10.2. The molecule has 0 saturated heterocycles. The van der Waals surface area contributed by atoms with Gasteiger partial charge in [0, 0.05) is 23.3 Å². The number of anilines is 1. The third kappa shape index (κ3) is 4.15. The predicted molar refractivity (Wildman–Crippen MR) is 89.8 cm³/mol. The Bertz CT molecular complexity index is 686. The van der Waals surface area contributed by atoms with Gasteiger partial charge in [-0.05, 0) is 43.7 Å². The molecule has 0 bridgehead atoms. The van der Waals surface area contributed by atoms with E-state index in [0.29, 0.717) is 17.3 Å². The number of hydrogen-bond acceptors (Lipinski definition) is 2. The van der Waals surface area contributed by atoms with Crippen molar-refractivity contribution < 1.29 is 9.53 Å². The van der Waals surface area contributed by atoms with E-state index in [4.69, 9.17) is 16.3 Å². The van der Waals surface area contributed by atoms with Crippen molar-refractivity contribution in [1.82, 2.24) is 5.32 Å². The maximum absolute atomic E-state index is 11.5. The lowest BCUT2D eigenvalue weighted by atomic mass is 10.1. The van der Waals surface area contributed by atoms with Crippen LogP contribution >= 0.6 is 11.6 Å². The maximum Gasteiger partial charge on any atom is 0.318 e. The van der Waals surface area contributed by atoms with Crippen LogP contribution in [0.15, 0.2) is 36.4 Å². The molecule has 0 saturated carbocycles. The number of halogens is 1. The van der Waals surface area contributed by atoms with Crippen LogP contribution in [0.5, 0.6) is 5.75 Å². The van der Waals surface area contributed by atoms with Crippen LogP contribution in [0.25, 0.3) is 0 Å². The van der Waals surface area contributed by atoms with Crippen LogP contribution < -0.4 is 15.4 Å². The van der Waals surface area contributed by atoms with E-state index in [1.807, 2.05) is 26.0 Å². The fraction of sp³-hybridized carbons (Fsp3) is 0.235. The highest BCUT2D eigenvalue weighted by molar-refractivity contribution is 6.30. The van der Waals surface area contributed by atoms with Crippen molar-refractivity contribution in [2.45, 2.75) is 20.5 Å². The van der Waals surface area contributed by atoms with Crippen molar-refractivity contribution in [3.05, 3.63) is 58.1 Å². The molecular formula is C17H19ClN2O2. The summed E-state index contributed by atoms with van der Waals surface area (Å²) >= 11 is 6.04. The summed E-state index contributed by atoms with van der Waals surface area (Å²) in [5, 5.41) is 5.88. The highest BCUT2D eigenvalue weighted by Gasteiger charge is 2.08. The van der Waals surface area contributed by atoms with Gasteiger partial charge in [0.2, 0.25) is 0 Å². The highest BCUT2D eigenvalue weighted by Crippen LogP contribution is 2.24. The van der Waals surface area contributed by atoms with Gasteiger partial charge in [-0.25, -0.2) is 4.79 Å². The molecule has 2 N–H and O–H groups in total. The number of benzene rings is 2. The second-order valence-electron chi connectivity index (χ2n) is 5.06. The van der Waals surface area contributed by atoms with Gasteiger partial charge in [-0.1, -0.05) is 29.3 Å². The van der Waals surface area contributed by atoms with Gasteiger partial charge in [-0.2, -0.15) is 0 Å². The fourth-order valence-corrected chi connectivity index (χ4v) is 2.30. The van der Waals surface area contributed by atoms with Gasteiger partial charge < -0.3 is 15.4 Å². The van der Waals surface area contributed by atoms with Crippen molar-refractivity contribution >= 4 is 23.3 Å². The Morgan fingerprint density at radius 2 is 1.95 bits per heavy atom. The number of carbonyl (C=O) groups is 1. The first-order chi connectivity index (χ1) is 10.5. The topological polar surface area (TPSA) is 50.4 Å². The average molecular weight is 319 g/mol. The van der Waals surface area contributed by atoms with E-state index < -0.39 is 0 Å². The molecule has 0 aliphatic rings. The van der Waals surface area contributed by atoms with E-state index in [9.17, 15) is 4.79 Å². The molecule has 0 atom stereocenters. The number of carbonyl (C=O) groups excluding carboxylic acids is 1. The van der Waals surface area contributed by atoms with Crippen molar-refractivity contribution in [3.8, 4) is 5.75 Å². The van der Waals surface area contributed by atoms with Crippen LogP contribution in [0, 0.1) is 13.8 Å². The maximum atomic E-state index is 11.5. The first kappa shape index (κ1) is 16.2. The van der Waals surface area contributed by atoms with Crippen LogP contribution in [0.1, 0.15) is 16.7 Å². The monoisotopic (exact) mass is 318 g/mol. The van der Waals surface area contributed by atoms with E-state index >= 15 is 0 Å². The minimum atomic E-state index is -0.282. The molecule has 5 heteroatoms. The number of urea groups is 1. The zero-order valence-electron chi connectivity index (χ0n) is 12.9. The van der Waals surface area contributed by atoms with Gasteiger partial charge in [0.15, 0.2) is 0 Å². The van der Waals surface area contributed by atoms with Gasteiger partial charge in [-0.3, -0.25) is 0 Å². The molecule has 2 aromatic carbocycles. The summed E-state index contributed by atoms with van der Waals surface area (Å²) in [6.45, 7) is 4.37. The third-order valence-electron chi connectivity index (χ3n) is 3.26. The lowest BCUT2D eigenvalue weighted by Crippen LogP contribution is -2.25. The Morgan fingerprint density at radius 3 is 2.64 bits per heavy atom. The fourth-order valence-electron chi connectivity index (χ4n) is 2.11. The van der Waals surface area contributed by atoms with E-state index in [1.165, 1.54) is 5.56 Å². The molecule has 0 spiro atoms. The number of rotatable bonds is 4. The van der Waals surface area contributed by atoms with Crippen molar-refractivity contribution in [3.63, 3.8) is 0 Å². The second kappa shape index (κ2) is 7.18. The van der Waals surface area contributed by atoms with Crippen molar-refractivity contribution in [2.24, 2.45) is 0 Å². The minimum absolute atomic E-state index is 0.282. The zero-order valence-corrected chi connectivity index (χ0v) is 13.6. The highest BCUT2D eigenvalue weighted by atomic mass is 35.5. The van der Waals surface area contributed by atoms with Crippen LogP contribution in [0.3, 0.4) is 0 Å². The molecule has 22 heavy (non-hydrogen) atoms. The summed E-state index contributed by atoms with van der Waals surface area (Å²) in [6, 6.07) is 11.0. The van der Waals surface area contributed by atoms with Crippen LogP contribution in [-0.2, 0) is 6.61 Å². The van der Waals surface area contributed by atoms with Crippen molar-refractivity contribution in [2.75, 3.05) is 12.4 Å². The van der Waals surface area contributed by atoms with Gasteiger partial charge >= 0.3 is 6.03 Å². The molecule has 116 valence electrons. The summed E-state index contributed by atoms with van der Waals surface area (Å²) in [7, 11) is 1.57. The minimum Gasteiger partial charge on any atom is -0.489 e. The number of nitrogens with one attached hydrogen (secondary N) is 2. The average Bonchev–Trinajstić information content (AvgIpc) is 2.48. The number of hydrogen-bond donors (Lipinski definition) is 2. The number of aryl methyl sites for hydroxylation is 2. The summed E-state index contributed by atoms with van der Waals surface area (Å²) in [4.78, 5) is 11.5.